The highest BCUT2D eigenvalue weighted by Gasteiger charge is 2.33. The minimum atomic E-state index is -4.97. The summed E-state index contributed by atoms with van der Waals surface area (Å²) >= 11 is 7.23. The number of hydrogen-bond donors (Lipinski definition) is 1. The maximum atomic E-state index is 12.9. The molecule has 37 heavy (non-hydrogen) atoms. The highest BCUT2D eigenvalue weighted by molar-refractivity contribution is 7.14. The number of benzene rings is 2. The first-order valence-electron chi connectivity index (χ1n) is 11.3. The Balaban J connectivity index is 1.48. The number of ketones is 1. The Labute approximate surface area is 220 Å². The van der Waals surface area contributed by atoms with E-state index < -0.39 is 23.8 Å². The van der Waals surface area contributed by atoms with Gasteiger partial charge in [-0.3, -0.25) is 14.5 Å². The number of carbonyl (C=O) groups is 2. The first-order chi connectivity index (χ1) is 17.6. The summed E-state index contributed by atoms with van der Waals surface area (Å²) < 4.78 is 42.9. The van der Waals surface area contributed by atoms with E-state index in [0.29, 0.717) is 28.1 Å². The molecule has 1 aromatic heterocycles. The fourth-order valence-corrected chi connectivity index (χ4v) is 4.74. The van der Waals surface area contributed by atoms with Gasteiger partial charge in [-0.05, 0) is 37.4 Å². The monoisotopic (exact) mass is 553 g/mol. The molecule has 1 N–H and O–H groups in total. The molecule has 0 saturated carbocycles. The lowest BCUT2D eigenvalue weighted by atomic mass is 10.1. The number of aromatic nitrogens is 2. The van der Waals surface area contributed by atoms with Crippen LogP contribution in [0.5, 0.6) is 5.75 Å². The third-order valence-corrected chi connectivity index (χ3v) is 6.82. The molecule has 1 aliphatic rings. The Morgan fingerprint density at radius 2 is 1.86 bits per heavy atom. The van der Waals surface area contributed by atoms with E-state index in [2.05, 4.69) is 25.2 Å². The lowest BCUT2D eigenvalue weighted by Gasteiger charge is -2.31. The molecule has 8 nitrogen and oxygen atoms in total. The summed E-state index contributed by atoms with van der Waals surface area (Å²) in [5, 5.41) is 12.2. The number of carbonyl (C=O) groups excluding carboxylic acids is 2. The van der Waals surface area contributed by atoms with Crippen LogP contribution in [0.15, 0.2) is 42.5 Å². The first-order valence-corrected chi connectivity index (χ1v) is 12.5. The van der Waals surface area contributed by atoms with Gasteiger partial charge in [-0.2, -0.15) is 0 Å². The summed E-state index contributed by atoms with van der Waals surface area (Å²) in [4.78, 5) is 29.5. The smallest absolute Gasteiger partial charge is 0.404 e. The minimum absolute atomic E-state index is 0.00847. The molecule has 13 heteroatoms. The molecular formula is C24H23ClF3N5O3S. The number of nitrogens with one attached hydrogen (secondary N) is 1. The molecule has 0 bridgehead atoms. The quantitative estimate of drug-likeness (QED) is 0.415. The normalized spacial score (nSPS) is 14.9. The Morgan fingerprint density at radius 1 is 1.11 bits per heavy atom. The summed E-state index contributed by atoms with van der Waals surface area (Å²) in [7, 11) is 1.97. The van der Waals surface area contributed by atoms with Crippen molar-refractivity contribution in [3.63, 3.8) is 0 Å². The van der Waals surface area contributed by atoms with Gasteiger partial charge in [-0.1, -0.05) is 35.1 Å². The van der Waals surface area contributed by atoms with Crippen molar-refractivity contribution in [1.82, 2.24) is 20.0 Å². The van der Waals surface area contributed by atoms with Gasteiger partial charge in [-0.25, -0.2) is 0 Å². The van der Waals surface area contributed by atoms with Crippen LogP contribution in [0.4, 0.5) is 18.9 Å². The van der Waals surface area contributed by atoms with Crippen LogP contribution in [-0.4, -0.2) is 77.8 Å². The minimum Gasteiger partial charge on any atom is -0.404 e. The summed E-state index contributed by atoms with van der Waals surface area (Å²) in [6, 6.07) is 10.5. The van der Waals surface area contributed by atoms with Crippen molar-refractivity contribution in [2.75, 3.05) is 45.1 Å². The van der Waals surface area contributed by atoms with Crippen LogP contribution in [0, 0.1) is 0 Å². The second kappa shape index (κ2) is 11.5. The third-order valence-electron chi connectivity index (χ3n) is 5.61. The van der Waals surface area contributed by atoms with Crippen molar-refractivity contribution in [2.45, 2.75) is 12.8 Å². The molecule has 0 atom stereocenters. The number of amides is 1. The van der Waals surface area contributed by atoms with Gasteiger partial charge in [0.2, 0.25) is 5.91 Å². The molecule has 3 aromatic rings. The number of piperazine rings is 1. The van der Waals surface area contributed by atoms with Crippen LogP contribution in [0.3, 0.4) is 0 Å². The zero-order valence-corrected chi connectivity index (χ0v) is 21.3. The summed E-state index contributed by atoms with van der Waals surface area (Å²) in [5.74, 6) is -1.51. The van der Waals surface area contributed by atoms with E-state index >= 15 is 0 Å². The van der Waals surface area contributed by atoms with Crippen molar-refractivity contribution < 1.29 is 27.5 Å². The number of nitrogens with zero attached hydrogens (tertiary/aromatic N) is 4. The van der Waals surface area contributed by atoms with Crippen molar-refractivity contribution >= 4 is 40.3 Å². The van der Waals surface area contributed by atoms with Crippen LogP contribution >= 0.6 is 22.9 Å². The summed E-state index contributed by atoms with van der Waals surface area (Å²) in [5.41, 5.74) is 0.616. The number of likely N-dealkylation sites (N-methyl/N-ethyl adjacent to an activating group) is 1. The number of anilines is 1. The van der Waals surface area contributed by atoms with Gasteiger partial charge in [0.05, 0.1) is 18.7 Å². The fourth-order valence-electron chi connectivity index (χ4n) is 3.72. The maximum absolute atomic E-state index is 12.9. The zero-order valence-electron chi connectivity index (χ0n) is 19.7. The van der Waals surface area contributed by atoms with E-state index in [1.54, 1.807) is 18.2 Å². The third kappa shape index (κ3) is 7.71. The average Bonchev–Trinajstić information content (AvgIpc) is 3.29. The molecule has 2 heterocycles. The van der Waals surface area contributed by atoms with E-state index in [1.165, 1.54) is 23.5 Å². The van der Waals surface area contributed by atoms with Crippen LogP contribution in [0.25, 0.3) is 10.6 Å². The van der Waals surface area contributed by atoms with Gasteiger partial charge in [0.1, 0.15) is 10.0 Å². The number of rotatable bonds is 8. The van der Waals surface area contributed by atoms with E-state index in [0.717, 1.165) is 24.7 Å². The van der Waals surface area contributed by atoms with Crippen molar-refractivity contribution in [2.24, 2.45) is 0 Å². The van der Waals surface area contributed by atoms with Crippen LogP contribution < -0.4 is 10.1 Å². The van der Waals surface area contributed by atoms with Gasteiger partial charge in [0, 0.05) is 42.3 Å². The Morgan fingerprint density at radius 3 is 2.57 bits per heavy atom. The highest BCUT2D eigenvalue weighted by atomic mass is 35.5. The second-order valence-electron chi connectivity index (χ2n) is 8.50. The molecule has 1 fully saturated rings. The predicted molar refractivity (Wildman–Crippen MR) is 134 cm³/mol. The SMILES string of the molecule is CN1CCN(CC(=O)Nc2cc(C(=O)Cc3nnc(-c4cccc(Cl)c4)s3)ccc2OC(F)(F)F)CC1. The van der Waals surface area contributed by atoms with E-state index in [1.807, 2.05) is 18.0 Å². The Hall–Kier alpha value is -3.06. The van der Waals surface area contributed by atoms with Crippen LogP contribution in [0.1, 0.15) is 15.4 Å². The second-order valence-corrected chi connectivity index (χ2v) is 10.00. The fraction of sp³-hybridized carbons (Fsp3) is 0.333. The number of Topliss-reactive ketones (excluding diaryl/α,β-unsaturated/α-hetero) is 1. The van der Waals surface area contributed by atoms with Crippen molar-refractivity contribution in [1.29, 1.82) is 0 Å². The topological polar surface area (TPSA) is 87.7 Å². The number of halogens is 4. The molecule has 0 spiro atoms. The molecule has 0 radical (unpaired) electrons. The molecule has 1 aliphatic heterocycles. The van der Waals surface area contributed by atoms with Gasteiger partial charge < -0.3 is 15.0 Å². The van der Waals surface area contributed by atoms with E-state index in [9.17, 15) is 22.8 Å². The average molecular weight is 554 g/mol. The van der Waals surface area contributed by atoms with E-state index in [-0.39, 0.29) is 24.2 Å². The van der Waals surface area contributed by atoms with E-state index in [4.69, 9.17) is 11.6 Å². The molecule has 0 unspecified atom stereocenters. The number of ether oxygens (including phenoxy) is 1. The molecule has 0 aliphatic carbocycles. The lowest BCUT2D eigenvalue weighted by molar-refractivity contribution is -0.274. The van der Waals surface area contributed by atoms with Crippen LogP contribution in [0.2, 0.25) is 5.02 Å². The molecule has 4 rings (SSSR count). The molecule has 1 amide bonds. The Kier molecular flexibility index (Phi) is 8.42. The molecule has 196 valence electrons. The van der Waals surface area contributed by atoms with Crippen molar-refractivity contribution in [3.05, 3.63) is 58.1 Å². The molecule has 2 aromatic carbocycles. The highest BCUT2D eigenvalue weighted by Crippen LogP contribution is 2.32. The van der Waals surface area contributed by atoms with Crippen LogP contribution in [-0.2, 0) is 11.2 Å². The lowest BCUT2D eigenvalue weighted by Crippen LogP contribution is -2.47. The zero-order chi connectivity index (χ0) is 26.6. The summed E-state index contributed by atoms with van der Waals surface area (Å²) in [6.45, 7) is 2.89. The molecule has 1 saturated heterocycles. The van der Waals surface area contributed by atoms with Gasteiger partial charge >= 0.3 is 6.36 Å². The first kappa shape index (κ1) is 27.0. The number of alkyl halides is 3. The van der Waals surface area contributed by atoms with Gasteiger partial charge in [0.15, 0.2) is 11.5 Å². The molecular weight excluding hydrogens is 531 g/mol. The predicted octanol–water partition coefficient (Wildman–Crippen LogP) is 4.37. The standard InChI is InChI=1S/C24H23ClF3N5O3S/c1-32-7-9-33(10-8-32)14-21(35)29-18-12-15(5-6-20(18)36-24(26,27)28)19(34)13-22-30-31-23(37-22)16-3-2-4-17(25)11-16/h2-6,11-12H,7-10,13-14H2,1H3,(H,29,35). The van der Waals surface area contributed by atoms with Gasteiger partial charge in [0.25, 0.3) is 0 Å². The Bertz CT molecular complexity index is 1280. The largest absolute Gasteiger partial charge is 0.573 e. The maximum Gasteiger partial charge on any atom is 0.573 e. The number of hydrogen-bond acceptors (Lipinski definition) is 8. The van der Waals surface area contributed by atoms with Gasteiger partial charge in [-0.15, -0.1) is 23.4 Å². The van der Waals surface area contributed by atoms with Crippen molar-refractivity contribution in [3.8, 4) is 16.3 Å². The summed E-state index contributed by atoms with van der Waals surface area (Å²) in [6.07, 6.45) is -5.09.